The summed E-state index contributed by atoms with van der Waals surface area (Å²) >= 11 is 0. The zero-order chi connectivity index (χ0) is 32.1. The fraction of sp³-hybridized carbons (Fsp3) is 0.294. The lowest BCUT2D eigenvalue weighted by Gasteiger charge is -2.27. The Morgan fingerprint density at radius 1 is 0.778 bits per heavy atom. The molecule has 1 heterocycles. The quantitative estimate of drug-likeness (QED) is 0.166. The standard InChI is InChI=1S/C34H30F6N2O3/c35-27-14-20(15-28(36)31(27)39)12-23-18-25(19-24(33(23)43)13-21-16-29(37)32(40)30(38)17-21)41-34(44)22-4-6-26(7-5-22)45-11-10-42-8-2-1-3-9-42/h4-7,12-17,25H,1-3,8-11,18-19H2,(H,41,44)/b23-12+,24-13+. The number of nitrogens with zero attached hydrogens (tertiary/aromatic N) is 1. The molecule has 1 saturated heterocycles. The van der Waals surface area contributed by atoms with E-state index in [1.165, 1.54) is 19.3 Å². The fourth-order valence-corrected chi connectivity index (χ4v) is 5.51. The molecule has 0 atom stereocenters. The van der Waals surface area contributed by atoms with Gasteiger partial charge >= 0.3 is 0 Å². The van der Waals surface area contributed by atoms with Crippen molar-refractivity contribution in [1.82, 2.24) is 10.2 Å². The summed E-state index contributed by atoms with van der Waals surface area (Å²) in [6.45, 7) is 3.43. The van der Waals surface area contributed by atoms with Gasteiger partial charge in [-0.1, -0.05) is 6.42 Å². The van der Waals surface area contributed by atoms with E-state index in [1.54, 1.807) is 24.3 Å². The van der Waals surface area contributed by atoms with Crippen LogP contribution in [0.2, 0.25) is 0 Å². The average Bonchev–Trinajstić information content (AvgIpc) is 3.01. The van der Waals surface area contributed by atoms with Crippen LogP contribution < -0.4 is 10.1 Å². The highest BCUT2D eigenvalue weighted by Gasteiger charge is 2.30. The molecule has 5 rings (SSSR count). The summed E-state index contributed by atoms with van der Waals surface area (Å²) in [5, 5.41) is 2.82. The van der Waals surface area contributed by atoms with Crippen molar-refractivity contribution in [1.29, 1.82) is 0 Å². The van der Waals surface area contributed by atoms with Crippen molar-refractivity contribution in [3.63, 3.8) is 0 Å². The summed E-state index contributed by atoms with van der Waals surface area (Å²) in [7, 11) is 0. The van der Waals surface area contributed by atoms with Gasteiger partial charge in [-0.15, -0.1) is 0 Å². The van der Waals surface area contributed by atoms with Crippen molar-refractivity contribution in [2.45, 2.75) is 38.1 Å². The molecule has 2 aliphatic rings. The molecular weight excluding hydrogens is 598 g/mol. The Labute approximate surface area is 256 Å². The first-order chi connectivity index (χ1) is 21.6. The number of hydrogen-bond donors (Lipinski definition) is 1. The van der Waals surface area contributed by atoms with Crippen LogP contribution >= 0.6 is 0 Å². The summed E-state index contributed by atoms with van der Waals surface area (Å²) in [6, 6.07) is 8.64. The highest BCUT2D eigenvalue weighted by Crippen LogP contribution is 2.30. The number of amides is 1. The normalized spacial score (nSPS) is 19.2. The third kappa shape index (κ3) is 8.02. The number of nitrogens with one attached hydrogen (secondary N) is 1. The van der Waals surface area contributed by atoms with E-state index in [1.807, 2.05) is 0 Å². The molecule has 0 aromatic heterocycles. The van der Waals surface area contributed by atoms with Gasteiger partial charge in [0.25, 0.3) is 5.91 Å². The van der Waals surface area contributed by atoms with Gasteiger partial charge in [0.1, 0.15) is 12.4 Å². The predicted molar refractivity (Wildman–Crippen MR) is 156 cm³/mol. The third-order valence-electron chi connectivity index (χ3n) is 7.79. The van der Waals surface area contributed by atoms with Crippen LogP contribution in [0.3, 0.4) is 0 Å². The molecule has 1 aliphatic heterocycles. The number of rotatable bonds is 8. The molecule has 1 N–H and O–H groups in total. The number of likely N-dealkylation sites (tertiary alicyclic amines) is 1. The van der Waals surface area contributed by atoms with Crippen LogP contribution in [-0.4, -0.2) is 48.9 Å². The first-order valence-electron chi connectivity index (χ1n) is 14.6. The van der Waals surface area contributed by atoms with Crippen LogP contribution in [0, 0.1) is 34.9 Å². The average molecular weight is 629 g/mol. The monoisotopic (exact) mass is 628 g/mol. The first-order valence-corrected chi connectivity index (χ1v) is 14.6. The van der Waals surface area contributed by atoms with Gasteiger partial charge in [0.15, 0.2) is 40.7 Å². The summed E-state index contributed by atoms with van der Waals surface area (Å²) in [6.07, 6.45) is 5.79. The fourth-order valence-electron chi connectivity index (χ4n) is 5.51. The number of ether oxygens (including phenoxy) is 1. The van der Waals surface area contributed by atoms with Gasteiger partial charge in [-0.2, -0.15) is 0 Å². The van der Waals surface area contributed by atoms with E-state index in [9.17, 15) is 35.9 Å². The maximum Gasteiger partial charge on any atom is 0.251 e. The Morgan fingerprint density at radius 2 is 1.27 bits per heavy atom. The third-order valence-corrected chi connectivity index (χ3v) is 7.79. The van der Waals surface area contributed by atoms with Gasteiger partial charge in [0, 0.05) is 29.3 Å². The lowest BCUT2D eigenvalue weighted by atomic mass is 9.83. The Kier molecular flexibility index (Phi) is 10.1. The lowest BCUT2D eigenvalue weighted by molar-refractivity contribution is -0.113. The number of carbonyl (C=O) groups excluding carboxylic acids is 2. The van der Waals surface area contributed by atoms with Gasteiger partial charge in [-0.3, -0.25) is 14.5 Å². The van der Waals surface area contributed by atoms with E-state index in [0.717, 1.165) is 31.8 Å². The number of halogens is 6. The molecule has 3 aromatic rings. The van der Waals surface area contributed by atoms with Crippen molar-refractivity contribution in [2.24, 2.45) is 0 Å². The van der Waals surface area contributed by atoms with Crippen LogP contribution in [0.4, 0.5) is 26.3 Å². The molecule has 1 saturated carbocycles. The van der Waals surface area contributed by atoms with E-state index in [4.69, 9.17) is 4.74 Å². The summed E-state index contributed by atoms with van der Waals surface area (Å²) in [5.74, 6) is -9.67. The minimum Gasteiger partial charge on any atom is -0.492 e. The number of benzene rings is 3. The zero-order valence-corrected chi connectivity index (χ0v) is 24.2. The van der Waals surface area contributed by atoms with E-state index in [-0.39, 0.29) is 35.1 Å². The second kappa shape index (κ2) is 14.2. The molecule has 0 bridgehead atoms. The van der Waals surface area contributed by atoms with E-state index < -0.39 is 52.6 Å². The Morgan fingerprint density at radius 3 is 1.76 bits per heavy atom. The smallest absolute Gasteiger partial charge is 0.251 e. The van der Waals surface area contributed by atoms with Crippen LogP contribution in [0.25, 0.3) is 12.2 Å². The lowest BCUT2D eigenvalue weighted by Crippen LogP contribution is -2.39. The summed E-state index contributed by atoms with van der Waals surface area (Å²) < 4.78 is 88.3. The molecule has 3 aromatic carbocycles. The molecule has 5 nitrogen and oxygen atoms in total. The van der Waals surface area contributed by atoms with E-state index in [0.29, 0.717) is 42.2 Å². The van der Waals surface area contributed by atoms with Crippen LogP contribution in [0.15, 0.2) is 59.7 Å². The second-order valence-corrected chi connectivity index (χ2v) is 11.1. The number of hydrogen-bond acceptors (Lipinski definition) is 4. The van der Waals surface area contributed by atoms with Gasteiger partial charge < -0.3 is 10.1 Å². The van der Waals surface area contributed by atoms with Gasteiger partial charge in [0.05, 0.1) is 0 Å². The minimum absolute atomic E-state index is 0.00344. The van der Waals surface area contributed by atoms with Crippen molar-refractivity contribution >= 4 is 23.8 Å². The molecule has 11 heteroatoms. The maximum atomic E-state index is 13.9. The van der Waals surface area contributed by atoms with E-state index >= 15 is 0 Å². The van der Waals surface area contributed by atoms with Crippen LogP contribution in [0.1, 0.15) is 53.6 Å². The molecule has 0 radical (unpaired) electrons. The highest BCUT2D eigenvalue weighted by atomic mass is 19.2. The number of carbonyl (C=O) groups is 2. The minimum atomic E-state index is -1.67. The molecule has 0 unspecified atom stereocenters. The topological polar surface area (TPSA) is 58.6 Å². The zero-order valence-electron chi connectivity index (χ0n) is 24.2. The molecule has 0 spiro atoms. The summed E-state index contributed by atoms with van der Waals surface area (Å²) in [5.41, 5.74) is 0.0239. The number of ketones is 1. The molecule has 1 amide bonds. The van der Waals surface area contributed by atoms with Crippen LogP contribution in [0.5, 0.6) is 5.75 Å². The molecular formula is C34H30F6N2O3. The van der Waals surface area contributed by atoms with Crippen molar-refractivity contribution in [3.05, 3.63) is 111 Å². The van der Waals surface area contributed by atoms with Crippen molar-refractivity contribution in [3.8, 4) is 5.75 Å². The van der Waals surface area contributed by atoms with Gasteiger partial charge in [-0.05, 0) is 111 Å². The molecule has 45 heavy (non-hydrogen) atoms. The Bertz CT molecular complexity index is 1520. The molecule has 236 valence electrons. The van der Waals surface area contributed by atoms with Gasteiger partial charge in [-0.25, -0.2) is 26.3 Å². The van der Waals surface area contributed by atoms with Crippen molar-refractivity contribution in [2.75, 3.05) is 26.2 Å². The molecule has 2 fully saturated rings. The Balaban J connectivity index is 1.34. The number of piperidine rings is 1. The first kappa shape index (κ1) is 32.0. The van der Waals surface area contributed by atoms with Gasteiger partial charge in [0.2, 0.25) is 0 Å². The highest BCUT2D eigenvalue weighted by molar-refractivity contribution is 6.14. The Hall–Kier alpha value is -4.38. The maximum absolute atomic E-state index is 13.9. The SMILES string of the molecule is O=C1/C(=C/c2cc(F)c(F)c(F)c2)CC(NC(=O)c2ccc(OCCN3CCCCC3)cc2)C/C1=C\c1cc(F)c(F)c(F)c1. The molecule has 1 aliphatic carbocycles. The van der Waals surface area contributed by atoms with E-state index in [2.05, 4.69) is 10.2 Å². The van der Waals surface area contributed by atoms with Crippen molar-refractivity contribution < 1.29 is 40.7 Å². The summed E-state index contributed by atoms with van der Waals surface area (Å²) in [4.78, 5) is 28.8. The van der Waals surface area contributed by atoms with Crippen LogP contribution in [-0.2, 0) is 4.79 Å². The second-order valence-electron chi connectivity index (χ2n) is 11.1. The number of Topliss-reactive ketones (excluding diaryl/α,β-unsaturated/α-hetero) is 1. The predicted octanol–water partition coefficient (Wildman–Crippen LogP) is 7.01. The largest absolute Gasteiger partial charge is 0.492 e.